The molecule has 0 aliphatic carbocycles. The second kappa shape index (κ2) is 8.76. The fourth-order valence-corrected chi connectivity index (χ4v) is 4.12. The number of para-hydroxylation sites is 1. The fourth-order valence-electron chi connectivity index (χ4n) is 4.12. The highest BCUT2D eigenvalue weighted by Crippen LogP contribution is 2.23. The van der Waals surface area contributed by atoms with Crippen molar-refractivity contribution in [2.75, 3.05) is 18.5 Å². The van der Waals surface area contributed by atoms with E-state index in [0.717, 1.165) is 47.7 Å². The molecule has 0 unspecified atom stereocenters. The van der Waals surface area contributed by atoms with Crippen molar-refractivity contribution in [1.29, 1.82) is 0 Å². The number of aryl methyl sites for hydroxylation is 1. The summed E-state index contributed by atoms with van der Waals surface area (Å²) in [6, 6.07) is 17.4. The van der Waals surface area contributed by atoms with Gasteiger partial charge in [0.05, 0.1) is 11.4 Å². The van der Waals surface area contributed by atoms with Crippen LogP contribution in [0.2, 0.25) is 0 Å². The lowest BCUT2D eigenvalue weighted by molar-refractivity contribution is -0.119. The number of benzene rings is 2. The molecule has 3 aromatic rings. The minimum absolute atomic E-state index is 0.0530. The van der Waals surface area contributed by atoms with E-state index in [1.807, 2.05) is 85.1 Å². The van der Waals surface area contributed by atoms with Gasteiger partial charge in [0.15, 0.2) is 0 Å². The molecule has 1 fully saturated rings. The molecular weight excluding hydrogens is 388 g/mol. The van der Waals surface area contributed by atoms with Crippen molar-refractivity contribution in [1.82, 2.24) is 14.7 Å². The number of hydrogen-bond donors (Lipinski definition) is 0. The van der Waals surface area contributed by atoms with Gasteiger partial charge in [-0.2, -0.15) is 5.10 Å². The lowest BCUT2D eigenvalue weighted by Gasteiger charge is -2.27. The van der Waals surface area contributed by atoms with Crippen LogP contribution >= 0.6 is 0 Å². The SMILES string of the molecule is Cc1nn(-c2ccccc2)c(C)c1CN(C)C(=O)c1ccc(N2CCCCC2=O)cc1. The number of amides is 2. The molecule has 6 heteroatoms. The zero-order chi connectivity index (χ0) is 22.0. The van der Waals surface area contributed by atoms with E-state index in [2.05, 4.69) is 5.10 Å². The largest absolute Gasteiger partial charge is 0.337 e. The highest BCUT2D eigenvalue weighted by Gasteiger charge is 2.21. The predicted molar refractivity (Wildman–Crippen MR) is 121 cm³/mol. The van der Waals surface area contributed by atoms with Crippen LogP contribution in [0.5, 0.6) is 0 Å². The van der Waals surface area contributed by atoms with Crippen LogP contribution in [0.4, 0.5) is 5.69 Å². The van der Waals surface area contributed by atoms with Crippen LogP contribution in [0.1, 0.15) is 46.6 Å². The summed E-state index contributed by atoms with van der Waals surface area (Å²) in [6.07, 6.45) is 2.57. The number of piperidine rings is 1. The molecule has 0 bridgehead atoms. The summed E-state index contributed by atoms with van der Waals surface area (Å²) < 4.78 is 1.92. The molecule has 160 valence electrons. The molecule has 0 atom stereocenters. The summed E-state index contributed by atoms with van der Waals surface area (Å²) in [5.41, 5.74) is 5.48. The first-order valence-corrected chi connectivity index (χ1v) is 10.7. The van der Waals surface area contributed by atoms with E-state index < -0.39 is 0 Å². The predicted octanol–water partition coefficient (Wildman–Crippen LogP) is 4.28. The Morgan fingerprint density at radius 2 is 1.71 bits per heavy atom. The summed E-state index contributed by atoms with van der Waals surface area (Å²) in [5.74, 6) is 0.103. The van der Waals surface area contributed by atoms with E-state index in [4.69, 9.17) is 0 Å². The number of hydrogen-bond acceptors (Lipinski definition) is 3. The van der Waals surface area contributed by atoms with Crippen LogP contribution in [-0.2, 0) is 11.3 Å². The smallest absolute Gasteiger partial charge is 0.253 e. The van der Waals surface area contributed by atoms with Gasteiger partial charge in [0, 0.05) is 49.1 Å². The second-order valence-corrected chi connectivity index (χ2v) is 8.11. The molecule has 1 aromatic heterocycles. The fraction of sp³-hybridized carbons (Fsp3) is 0.320. The van der Waals surface area contributed by atoms with Crippen LogP contribution in [0.15, 0.2) is 54.6 Å². The Hall–Kier alpha value is -3.41. The third kappa shape index (κ3) is 4.24. The highest BCUT2D eigenvalue weighted by molar-refractivity contribution is 5.96. The normalized spacial score (nSPS) is 14.0. The number of carbonyl (C=O) groups excluding carboxylic acids is 2. The third-order valence-electron chi connectivity index (χ3n) is 5.93. The lowest BCUT2D eigenvalue weighted by Crippen LogP contribution is -2.35. The van der Waals surface area contributed by atoms with Gasteiger partial charge in [-0.25, -0.2) is 4.68 Å². The van der Waals surface area contributed by atoms with Gasteiger partial charge in [-0.1, -0.05) is 18.2 Å². The van der Waals surface area contributed by atoms with E-state index >= 15 is 0 Å². The molecule has 2 heterocycles. The summed E-state index contributed by atoms with van der Waals surface area (Å²) in [7, 11) is 1.81. The molecule has 31 heavy (non-hydrogen) atoms. The van der Waals surface area contributed by atoms with Crippen molar-refractivity contribution in [2.45, 2.75) is 39.7 Å². The van der Waals surface area contributed by atoms with E-state index in [9.17, 15) is 9.59 Å². The van der Waals surface area contributed by atoms with Gasteiger partial charge in [-0.15, -0.1) is 0 Å². The van der Waals surface area contributed by atoms with Crippen molar-refractivity contribution in [3.05, 3.63) is 77.1 Å². The number of aromatic nitrogens is 2. The van der Waals surface area contributed by atoms with Gasteiger partial charge in [0.2, 0.25) is 5.91 Å². The first-order valence-electron chi connectivity index (χ1n) is 10.7. The van der Waals surface area contributed by atoms with Crippen LogP contribution in [0.25, 0.3) is 5.69 Å². The molecule has 2 aromatic carbocycles. The molecule has 1 saturated heterocycles. The zero-order valence-electron chi connectivity index (χ0n) is 18.3. The Kier molecular flexibility index (Phi) is 5.89. The first kappa shape index (κ1) is 20.8. The Bertz CT molecular complexity index is 1090. The monoisotopic (exact) mass is 416 g/mol. The maximum absolute atomic E-state index is 13.0. The Morgan fingerprint density at radius 3 is 2.39 bits per heavy atom. The average Bonchev–Trinajstić information content (AvgIpc) is 3.08. The molecular formula is C25H28N4O2. The molecule has 1 aliphatic rings. The van der Waals surface area contributed by atoms with Gasteiger partial charge in [-0.3, -0.25) is 9.59 Å². The van der Waals surface area contributed by atoms with Crippen molar-refractivity contribution >= 4 is 17.5 Å². The van der Waals surface area contributed by atoms with Crippen molar-refractivity contribution in [3.8, 4) is 5.69 Å². The van der Waals surface area contributed by atoms with Crippen molar-refractivity contribution < 1.29 is 9.59 Å². The number of rotatable bonds is 5. The summed E-state index contributed by atoms with van der Waals surface area (Å²) in [5, 5.41) is 4.68. The quantitative estimate of drug-likeness (QED) is 0.624. The van der Waals surface area contributed by atoms with Gasteiger partial charge in [0.1, 0.15) is 0 Å². The number of carbonyl (C=O) groups is 2. The molecule has 1 aliphatic heterocycles. The van der Waals surface area contributed by atoms with Crippen molar-refractivity contribution in [3.63, 3.8) is 0 Å². The number of anilines is 1. The summed E-state index contributed by atoms with van der Waals surface area (Å²) in [4.78, 5) is 28.7. The van der Waals surface area contributed by atoms with Crippen LogP contribution in [-0.4, -0.2) is 40.1 Å². The van der Waals surface area contributed by atoms with Crippen molar-refractivity contribution in [2.24, 2.45) is 0 Å². The minimum Gasteiger partial charge on any atom is -0.337 e. The van der Waals surface area contributed by atoms with E-state index in [1.54, 1.807) is 4.90 Å². The third-order valence-corrected chi connectivity index (χ3v) is 5.93. The average molecular weight is 417 g/mol. The van der Waals surface area contributed by atoms with Gasteiger partial charge in [0.25, 0.3) is 5.91 Å². The summed E-state index contributed by atoms with van der Waals surface area (Å²) >= 11 is 0. The standard InChI is InChI=1S/C25H28N4O2/c1-18-23(19(2)29(26-18)22-9-5-4-6-10-22)17-27(3)25(31)20-12-14-21(15-13-20)28-16-8-7-11-24(28)30/h4-6,9-10,12-15H,7-8,11,16-17H2,1-3H3. The lowest BCUT2D eigenvalue weighted by atomic mass is 10.1. The topological polar surface area (TPSA) is 58.4 Å². The van der Waals surface area contributed by atoms with E-state index in [1.165, 1.54) is 0 Å². The number of nitrogens with zero attached hydrogens (tertiary/aromatic N) is 4. The highest BCUT2D eigenvalue weighted by atomic mass is 16.2. The Labute approximate surface area is 183 Å². The molecule has 0 spiro atoms. The molecule has 0 N–H and O–H groups in total. The Morgan fingerprint density at radius 1 is 1.00 bits per heavy atom. The van der Waals surface area contributed by atoms with Crippen LogP contribution in [0, 0.1) is 13.8 Å². The van der Waals surface area contributed by atoms with Gasteiger partial charge < -0.3 is 9.80 Å². The second-order valence-electron chi connectivity index (χ2n) is 8.11. The maximum Gasteiger partial charge on any atom is 0.253 e. The van der Waals surface area contributed by atoms with Crippen LogP contribution < -0.4 is 4.90 Å². The maximum atomic E-state index is 13.0. The van der Waals surface area contributed by atoms with Gasteiger partial charge in [-0.05, 0) is 63.1 Å². The van der Waals surface area contributed by atoms with E-state index in [0.29, 0.717) is 18.5 Å². The molecule has 0 radical (unpaired) electrons. The molecule has 6 nitrogen and oxygen atoms in total. The van der Waals surface area contributed by atoms with E-state index in [-0.39, 0.29) is 11.8 Å². The van der Waals surface area contributed by atoms with Crippen LogP contribution in [0.3, 0.4) is 0 Å². The zero-order valence-corrected chi connectivity index (χ0v) is 18.3. The first-order chi connectivity index (χ1) is 15.0. The summed E-state index contributed by atoms with van der Waals surface area (Å²) in [6.45, 7) is 5.24. The minimum atomic E-state index is -0.0530. The molecule has 4 rings (SSSR count). The molecule has 0 saturated carbocycles. The Balaban J connectivity index is 1.49. The van der Waals surface area contributed by atoms with Gasteiger partial charge >= 0.3 is 0 Å². The molecule has 2 amide bonds.